The van der Waals surface area contributed by atoms with Crippen LogP contribution in [0.1, 0.15) is 387 Å². The molecule has 0 aromatic carbocycles. The van der Waals surface area contributed by atoms with Crippen LogP contribution in [0.3, 0.4) is 0 Å². The zero-order chi connectivity index (χ0) is 55.0. The van der Waals surface area contributed by atoms with Crippen LogP contribution in [0.15, 0.2) is 24.3 Å². The number of ether oxygens (including phenoxy) is 3. The monoisotopic (exact) mass is 1070 g/mol. The Morgan fingerprint density at radius 3 is 0.724 bits per heavy atom. The van der Waals surface area contributed by atoms with E-state index in [1.54, 1.807) is 0 Å². The highest BCUT2D eigenvalue weighted by atomic mass is 16.6. The summed E-state index contributed by atoms with van der Waals surface area (Å²) in [6.45, 7) is 6.61. The zero-order valence-corrected chi connectivity index (χ0v) is 51.6. The molecule has 0 bridgehead atoms. The molecule has 0 fully saturated rings. The lowest BCUT2D eigenvalue weighted by Crippen LogP contribution is -2.30. The number of hydrogen-bond donors (Lipinski definition) is 0. The SMILES string of the molecule is CCCCCCC/C=C\C/C=C\CCCCCCCCCCCCCC(=O)OC(COC(=O)CCCCCCC)COC(=O)CCCCCCCCCCCCCCCCCCCCCCCCCCCCCCCC. The maximum atomic E-state index is 12.8. The van der Waals surface area contributed by atoms with Crippen LogP contribution in [0.4, 0.5) is 0 Å². The number of carbonyl (C=O) groups excluding carboxylic acids is 3. The number of unbranched alkanes of at least 4 members (excludes halogenated alkanes) is 49. The van der Waals surface area contributed by atoms with E-state index in [1.165, 1.54) is 276 Å². The topological polar surface area (TPSA) is 78.9 Å². The molecule has 0 radical (unpaired) electrons. The van der Waals surface area contributed by atoms with Crippen LogP contribution in [-0.4, -0.2) is 37.2 Å². The van der Waals surface area contributed by atoms with Gasteiger partial charge >= 0.3 is 17.9 Å². The van der Waals surface area contributed by atoms with Gasteiger partial charge in [-0.25, -0.2) is 0 Å². The molecule has 0 aliphatic carbocycles. The molecular formula is C70H132O6. The first-order valence-corrected chi connectivity index (χ1v) is 34.3. The molecule has 448 valence electrons. The lowest BCUT2D eigenvalue weighted by Gasteiger charge is -2.18. The van der Waals surface area contributed by atoms with E-state index in [9.17, 15) is 14.4 Å². The summed E-state index contributed by atoms with van der Waals surface area (Å²) in [6, 6.07) is 0. The minimum Gasteiger partial charge on any atom is -0.462 e. The maximum Gasteiger partial charge on any atom is 0.306 e. The van der Waals surface area contributed by atoms with Crippen LogP contribution in [-0.2, 0) is 28.6 Å². The van der Waals surface area contributed by atoms with E-state index in [1.807, 2.05) is 0 Å². The van der Waals surface area contributed by atoms with Crippen LogP contribution >= 0.6 is 0 Å². The van der Waals surface area contributed by atoms with Crippen LogP contribution in [0.5, 0.6) is 0 Å². The molecule has 1 unspecified atom stereocenters. The molecule has 6 nitrogen and oxygen atoms in total. The van der Waals surface area contributed by atoms with Crippen molar-refractivity contribution in [1.82, 2.24) is 0 Å². The minimum absolute atomic E-state index is 0.0673. The molecule has 0 amide bonds. The lowest BCUT2D eigenvalue weighted by molar-refractivity contribution is -0.167. The third kappa shape index (κ3) is 62.7. The van der Waals surface area contributed by atoms with Crippen molar-refractivity contribution in [3.63, 3.8) is 0 Å². The molecule has 0 spiro atoms. The van der Waals surface area contributed by atoms with Gasteiger partial charge in [0, 0.05) is 19.3 Å². The second kappa shape index (κ2) is 65.4. The van der Waals surface area contributed by atoms with Crippen molar-refractivity contribution in [3.05, 3.63) is 24.3 Å². The van der Waals surface area contributed by atoms with Crippen molar-refractivity contribution in [1.29, 1.82) is 0 Å². The van der Waals surface area contributed by atoms with E-state index in [2.05, 4.69) is 45.1 Å². The van der Waals surface area contributed by atoms with Crippen molar-refractivity contribution < 1.29 is 28.6 Å². The Balaban J connectivity index is 3.92. The van der Waals surface area contributed by atoms with Gasteiger partial charge in [0.15, 0.2) is 6.10 Å². The Kier molecular flexibility index (Phi) is 63.6. The Morgan fingerprint density at radius 2 is 0.474 bits per heavy atom. The van der Waals surface area contributed by atoms with Crippen molar-refractivity contribution in [3.8, 4) is 0 Å². The number of rotatable bonds is 64. The van der Waals surface area contributed by atoms with Crippen LogP contribution in [0, 0.1) is 0 Å². The van der Waals surface area contributed by atoms with E-state index in [4.69, 9.17) is 14.2 Å². The Hall–Kier alpha value is -2.11. The molecule has 0 aliphatic heterocycles. The van der Waals surface area contributed by atoms with Crippen LogP contribution in [0.2, 0.25) is 0 Å². The average Bonchev–Trinajstić information content (AvgIpc) is 3.42. The first-order chi connectivity index (χ1) is 37.5. The molecule has 0 N–H and O–H groups in total. The number of carbonyl (C=O) groups is 3. The second-order valence-electron chi connectivity index (χ2n) is 23.5. The highest BCUT2D eigenvalue weighted by Gasteiger charge is 2.19. The summed E-state index contributed by atoms with van der Waals surface area (Å²) in [5, 5.41) is 0. The van der Waals surface area contributed by atoms with Crippen molar-refractivity contribution in [2.75, 3.05) is 13.2 Å². The van der Waals surface area contributed by atoms with Gasteiger partial charge in [0.25, 0.3) is 0 Å². The summed E-state index contributed by atoms with van der Waals surface area (Å²) < 4.78 is 16.8. The lowest BCUT2D eigenvalue weighted by atomic mass is 10.0. The zero-order valence-electron chi connectivity index (χ0n) is 51.6. The Morgan fingerprint density at radius 1 is 0.263 bits per heavy atom. The molecule has 0 heterocycles. The Labute approximate surface area is 474 Å². The van der Waals surface area contributed by atoms with E-state index in [0.717, 1.165) is 70.6 Å². The van der Waals surface area contributed by atoms with Crippen LogP contribution < -0.4 is 0 Å². The van der Waals surface area contributed by atoms with Crippen molar-refractivity contribution in [2.24, 2.45) is 0 Å². The first-order valence-electron chi connectivity index (χ1n) is 34.3. The van der Waals surface area contributed by atoms with E-state index in [0.29, 0.717) is 19.3 Å². The predicted molar refractivity (Wildman–Crippen MR) is 330 cm³/mol. The third-order valence-electron chi connectivity index (χ3n) is 15.7. The van der Waals surface area contributed by atoms with E-state index in [-0.39, 0.29) is 31.1 Å². The number of allylic oxidation sites excluding steroid dienone is 4. The van der Waals surface area contributed by atoms with Crippen molar-refractivity contribution >= 4 is 17.9 Å². The molecule has 76 heavy (non-hydrogen) atoms. The van der Waals surface area contributed by atoms with Gasteiger partial charge in [0.2, 0.25) is 0 Å². The van der Waals surface area contributed by atoms with Gasteiger partial charge < -0.3 is 14.2 Å². The van der Waals surface area contributed by atoms with E-state index >= 15 is 0 Å². The maximum absolute atomic E-state index is 12.8. The summed E-state index contributed by atoms with van der Waals surface area (Å²) in [7, 11) is 0. The van der Waals surface area contributed by atoms with Gasteiger partial charge in [-0.2, -0.15) is 0 Å². The summed E-state index contributed by atoms with van der Waals surface area (Å²) in [5.41, 5.74) is 0. The smallest absolute Gasteiger partial charge is 0.306 e. The highest BCUT2D eigenvalue weighted by Crippen LogP contribution is 2.19. The average molecular weight is 1070 g/mol. The molecule has 6 heteroatoms. The van der Waals surface area contributed by atoms with Gasteiger partial charge in [0.1, 0.15) is 13.2 Å². The third-order valence-corrected chi connectivity index (χ3v) is 15.7. The quantitative estimate of drug-likeness (QED) is 0.0261. The standard InChI is InChI=1S/C70H132O6/c1-4-7-10-13-15-17-19-21-23-25-27-29-31-32-33-34-35-36-37-39-40-42-44-46-48-50-52-54-57-60-63-69(72)75-66-67(65-74-68(71)62-59-56-12-9-6-3)76-70(73)64-61-58-55-53-51-49-47-45-43-41-38-30-28-26-24-22-20-18-16-14-11-8-5-2/h20,22,26,28,67H,4-19,21,23-25,27,29-66H2,1-3H3/b22-20-,28-26-. The summed E-state index contributed by atoms with van der Waals surface area (Å²) >= 11 is 0. The molecule has 0 aromatic rings. The molecule has 0 saturated heterocycles. The molecule has 1 atom stereocenters. The molecule has 0 aliphatic rings. The van der Waals surface area contributed by atoms with Gasteiger partial charge in [-0.15, -0.1) is 0 Å². The highest BCUT2D eigenvalue weighted by molar-refractivity contribution is 5.71. The molecule has 0 rings (SSSR count). The summed E-state index contributed by atoms with van der Waals surface area (Å²) in [4.78, 5) is 38.0. The van der Waals surface area contributed by atoms with E-state index < -0.39 is 6.10 Å². The van der Waals surface area contributed by atoms with Gasteiger partial charge in [-0.1, -0.05) is 340 Å². The first kappa shape index (κ1) is 73.9. The molecular weight excluding hydrogens is 937 g/mol. The van der Waals surface area contributed by atoms with Crippen molar-refractivity contribution in [2.45, 2.75) is 393 Å². The predicted octanol–water partition coefficient (Wildman–Crippen LogP) is 23.4. The normalized spacial score (nSPS) is 12.1. The summed E-state index contributed by atoms with van der Waals surface area (Å²) in [6.07, 6.45) is 79.8. The fourth-order valence-electron chi connectivity index (χ4n) is 10.5. The number of hydrogen-bond acceptors (Lipinski definition) is 6. The molecule has 0 aromatic heterocycles. The van der Waals surface area contributed by atoms with Gasteiger partial charge in [-0.05, 0) is 51.4 Å². The molecule has 0 saturated carbocycles. The number of esters is 3. The van der Waals surface area contributed by atoms with Gasteiger partial charge in [-0.3, -0.25) is 14.4 Å². The van der Waals surface area contributed by atoms with Crippen LogP contribution in [0.25, 0.3) is 0 Å². The van der Waals surface area contributed by atoms with Gasteiger partial charge in [0.05, 0.1) is 0 Å². The fraction of sp³-hybridized carbons (Fsp3) is 0.900. The fourth-order valence-corrected chi connectivity index (χ4v) is 10.5. The Bertz CT molecular complexity index is 1230. The minimum atomic E-state index is -0.766. The second-order valence-corrected chi connectivity index (χ2v) is 23.5. The largest absolute Gasteiger partial charge is 0.462 e. The summed E-state index contributed by atoms with van der Waals surface area (Å²) in [5.74, 6) is -0.859.